The second-order valence-electron chi connectivity index (χ2n) is 4.14. The topological polar surface area (TPSA) is 15.3 Å². The maximum absolute atomic E-state index is 3.49. The van der Waals surface area contributed by atoms with Crippen LogP contribution in [-0.2, 0) is 0 Å². The number of hydrogen-bond donors (Lipinski definition) is 1. The third-order valence-electron chi connectivity index (χ3n) is 3.10. The minimum absolute atomic E-state index is 0.689. The van der Waals surface area contributed by atoms with Crippen molar-refractivity contribution < 1.29 is 0 Å². The van der Waals surface area contributed by atoms with Crippen LogP contribution in [0.5, 0.6) is 0 Å². The zero-order chi connectivity index (χ0) is 11.0. The first-order valence-electron chi connectivity index (χ1n) is 6.12. The van der Waals surface area contributed by atoms with Gasteiger partial charge in [0.05, 0.1) is 0 Å². The zero-order valence-electron chi connectivity index (χ0n) is 10.6. The monoisotopic (exact) mass is 200 g/mol. The Morgan fingerprint density at radius 2 is 1.64 bits per heavy atom. The lowest BCUT2D eigenvalue weighted by atomic mass is 10.0. The SMILES string of the molecule is CCCNCC(C)C(C)N(CC)CC. The van der Waals surface area contributed by atoms with E-state index in [1.54, 1.807) is 0 Å². The van der Waals surface area contributed by atoms with Crippen LogP contribution in [0.15, 0.2) is 0 Å². The van der Waals surface area contributed by atoms with Gasteiger partial charge in [-0.1, -0.05) is 27.7 Å². The van der Waals surface area contributed by atoms with Gasteiger partial charge in [-0.2, -0.15) is 0 Å². The van der Waals surface area contributed by atoms with E-state index in [0.717, 1.165) is 32.1 Å². The van der Waals surface area contributed by atoms with Gasteiger partial charge in [0.25, 0.3) is 0 Å². The highest BCUT2D eigenvalue weighted by Crippen LogP contribution is 2.09. The first-order chi connectivity index (χ1) is 6.67. The van der Waals surface area contributed by atoms with E-state index in [4.69, 9.17) is 0 Å². The largest absolute Gasteiger partial charge is 0.316 e. The van der Waals surface area contributed by atoms with Gasteiger partial charge in [-0.05, 0) is 45.4 Å². The summed E-state index contributed by atoms with van der Waals surface area (Å²) in [6, 6.07) is 0.689. The number of nitrogens with one attached hydrogen (secondary N) is 1. The average molecular weight is 200 g/mol. The van der Waals surface area contributed by atoms with Gasteiger partial charge in [0, 0.05) is 6.04 Å². The maximum Gasteiger partial charge on any atom is 0.0104 e. The number of rotatable bonds is 8. The molecule has 2 nitrogen and oxygen atoms in total. The quantitative estimate of drug-likeness (QED) is 0.605. The van der Waals surface area contributed by atoms with Crippen LogP contribution in [0, 0.1) is 5.92 Å². The van der Waals surface area contributed by atoms with E-state index in [1.807, 2.05) is 0 Å². The van der Waals surface area contributed by atoms with Gasteiger partial charge < -0.3 is 10.2 Å². The van der Waals surface area contributed by atoms with E-state index in [2.05, 4.69) is 44.8 Å². The molecule has 0 radical (unpaired) electrons. The van der Waals surface area contributed by atoms with Crippen molar-refractivity contribution in [1.29, 1.82) is 0 Å². The lowest BCUT2D eigenvalue weighted by molar-refractivity contribution is 0.176. The van der Waals surface area contributed by atoms with Crippen LogP contribution >= 0.6 is 0 Å². The molecule has 0 rings (SSSR count). The Kier molecular flexibility index (Phi) is 8.20. The minimum atomic E-state index is 0.689. The van der Waals surface area contributed by atoms with Crippen molar-refractivity contribution in [1.82, 2.24) is 10.2 Å². The van der Waals surface area contributed by atoms with Crippen LogP contribution in [0.3, 0.4) is 0 Å². The smallest absolute Gasteiger partial charge is 0.0104 e. The van der Waals surface area contributed by atoms with E-state index in [1.165, 1.54) is 6.42 Å². The molecule has 0 aliphatic rings. The Morgan fingerprint density at radius 3 is 2.07 bits per heavy atom. The lowest BCUT2D eigenvalue weighted by Crippen LogP contribution is -2.41. The molecule has 0 heterocycles. The predicted octanol–water partition coefficient (Wildman–Crippen LogP) is 2.35. The summed E-state index contributed by atoms with van der Waals surface area (Å²) in [5.41, 5.74) is 0. The highest BCUT2D eigenvalue weighted by atomic mass is 15.1. The molecule has 0 saturated carbocycles. The Morgan fingerprint density at radius 1 is 1.07 bits per heavy atom. The molecule has 86 valence electrons. The predicted molar refractivity (Wildman–Crippen MR) is 64.7 cm³/mol. The van der Waals surface area contributed by atoms with Gasteiger partial charge in [0.15, 0.2) is 0 Å². The van der Waals surface area contributed by atoms with E-state index < -0.39 is 0 Å². The van der Waals surface area contributed by atoms with Crippen molar-refractivity contribution in [2.75, 3.05) is 26.2 Å². The minimum Gasteiger partial charge on any atom is -0.316 e. The second kappa shape index (κ2) is 8.25. The zero-order valence-corrected chi connectivity index (χ0v) is 10.6. The van der Waals surface area contributed by atoms with E-state index in [-0.39, 0.29) is 0 Å². The van der Waals surface area contributed by atoms with Crippen molar-refractivity contribution in [3.8, 4) is 0 Å². The molecule has 0 fully saturated rings. The van der Waals surface area contributed by atoms with Crippen LogP contribution in [0.4, 0.5) is 0 Å². The van der Waals surface area contributed by atoms with Crippen molar-refractivity contribution >= 4 is 0 Å². The molecule has 0 aromatic rings. The molecule has 0 aliphatic heterocycles. The van der Waals surface area contributed by atoms with E-state index in [9.17, 15) is 0 Å². The third-order valence-corrected chi connectivity index (χ3v) is 3.10. The summed E-state index contributed by atoms with van der Waals surface area (Å²) in [4.78, 5) is 2.53. The van der Waals surface area contributed by atoms with Crippen LogP contribution < -0.4 is 5.32 Å². The van der Waals surface area contributed by atoms with Crippen LogP contribution in [0.2, 0.25) is 0 Å². The summed E-state index contributed by atoms with van der Waals surface area (Å²) in [6.45, 7) is 16.0. The number of hydrogen-bond acceptors (Lipinski definition) is 2. The molecule has 2 heteroatoms. The molecular formula is C12H28N2. The van der Waals surface area contributed by atoms with Gasteiger partial charge in [0.1, 0.15) is 0 Å². The van der Waals surface area contributed by atoms with Crippen LogP contribution in [0.25, 0.3) is 0 Å². The van der Waals surface area contributed by atoms with Gasteiger partial charge in [-0.25, -0.2) is 0 Å². The first kappa shape index (κ1) is 13.9. The first-order valence-corrected chi connectivity index (χ1v) is 6.12. The molecule has 0 spiro atoms. The lowest BCUT2D eigenvalue weighted by Gasteiger charge is -2.31. The highest BCUT2D eigenvalue weighted by molar-refractivity contribution is 4.72. The molecule has 2 atom stereocenters. The Bertz CT molecular complexity index is 121. The summed E-state index contributed by atoms with van der Waals surface area (Å²) in [5, 5.41) is 3.49. The van der Waals surface area contributed by atoms with Crippen LogP contribution in [-0.4, -0.2) is 37.1 Å². The normalized spacial score (nSPS) is 15.9. The fourth-order valence-electron chi connectivity index (χ4n) is 1.84. The molecule has 1 N–H and O–H groups in total. The van der Waals surface area contributed by atoms with Gasteiger partial charge >= 0.3 is 0 Å². The third kappa shape index (κ3) is 4.97. The Balaban J connectivity index is 3.78. The summed E-state index contributed by atoms with van der Waals surface area (Å²) < 4.78 is 0. The highest BCUT2D eigenvalue weighted by Gasteiger charge is 2.16. The summed E-state index contributed by atoms with van der Waals surface area (Å²) in [5.74, 6) is 0.737. The average Bonchev–Trinajstić information content (AvgIpc) is 2.19. The number of nitrogens with zero attached hydrogens (tertiary/aromatic N) is 1. The standard InChI is InChI=1S/C12H28N2/c1-6-9-13-10-11(4)12(5)14(7-2)8-3/h11-13H,6-10H2,1-5H3. The molecule has 0 bridgehead atoms. The van der Waals surface area contributed by atoms with E-state index >= 15 is 0 Å². The van der Waals surface area contributed by atoms with Crippen LogP contribution in [0.1, 0.15) is 41.0 Å². The van der Waals surface area contributed by atoms with Gasteiger partial charge in [-0.15, -0.1) is 0 Å². The molecule has 0 aromatic carbocycles. The molecule has 0 aromatic heterocycles. The Labute approximate surface area is 90.1 Å². The second-order valence-corrected chi connectivity index (χ2v) is 4.14. The van der Waals surface area contributed by atoms with Crippen molar-refractivity contribution in [2.45, 2.75) is 47.1 Å². The fraction of sp³-hybridized carbons (Fsp3) is 1.00. The fourth-order valence-corrected chi connectivity index (χ4v) is 1.84. The molecular weight excluding hydrogens is 172 g/mol. The molecule has 14 heavy (non-hydrogen) atoms. The summed E-state index contributed by atoms with van der Waals surface area (Å²) >= 11 is 0. The summed E-state index contributed by atoms with van der Waals surface area (Å²) in [7, 11) is 0. The van der Waals surface area contributed by atoms with Crippen molar-refractivity contribution in [3.63, 3.8) is 0 Å². The Hall–Kier alpha value is -0.0800. The van der Waals surface area contributed by atoms with Crippen molar-refractivity contribution in [3.05, 3.63) is 0 Å². The van der Waals surface area contributed by atoms with Gasteiger partial charge in [-0.3, -0.25) is 0 Å². The molecule has 2 unspecified atom stereocenters. The van der Waals surface area contributed by atoms with E-state index in [0.29, 0.717) is 6.04 Å². The van der Waals surface area contributed by atoms with Gasteiger partial charge in [0.2, 0.25) is 0 Å². The molecule has 0 amide bonds. The maximum atomic E-state index is 3.49. The van der Waals surface area contributed by atoms with Crippen molar-refractivity contribution in [2.24, 2.45) is 5.92 Å². The summed E-state index contributed by atoms with van der Waals surface area (Å²) in [6.07, 6.45) is 1.23. The molecule has 0 aliphatic carbocycles. The molecule has 0 saturated heterocycles.